The van der Waals surface area contributed by atoms with Gasteiger partial charge in [-0.05, 0) is 37.1 Å². The van der Waals surface area contributed by atoms with Crippen molar-refractivity contribution in [3.63, 3.8) is 0 Å². The third-order valence-corrected chi connectivity index (χ3v) is 7.74. The Hall–Kier alpha value is -3.90. The van der Waals surface area contributed by atoms with Crippen molar-refractivity contribution < 1.29 is 13.2 Å². The molecule has 1 amide bonds. The van der Waals surface area contributed by atoms with E-state index in [-0.39, 0.29) is 35.4 Å². The van der Waals surface area contributed by atoms with Gasteiger partial charge in [-0.25, -0.2) is 18.1 Å². The minimum Gasteiger partial charge on any atom is -0.324 e. The van der Waals surface area contributed by atoms with Crippen LogP contribution in [0.25, 0.3) is 16.7 Å². The Morgan fingerprint density at radius 2 is 1.88 bits per heavy atom. The number of aromatic amines is 1. The number of aromatic nitrogens is 5. The summed E-state index contributed by atoms with van der Waals surface area (Å²) >= 11 is 0. The van der Waals surface area contributed by atoms with Gasteiger partial charge in [0.05, 0.1) is 23.9 Å². The van der Waals surface area contributed by atoms with Crippen LogP contribution in [0.15, 0.2) is 71.0 Å². The number of piperidine rings is 1. The number of anilines is 1. The van der Waals surface area contributed by atoms with Gasteiger partial charge in [0, 0.05) is 31.4 Å². The standard InChI is InChI=1S/C22H21N7O4S/c30-21(15-7-10-28(11-8-15)34(32,33)16-4-3-9-23-12-16)27-18-5-1-2-6-19(18)29-20-17(13-26-29)22(31)25-14-24-20/h1-6,9,12-15H,7-8,10-11H2,(H,27,30)(H,24,25,31). The number of para-hydroxylation sites is 2. The molecular formula is C22H21N7O4S. The Kier molecular flexibility index (Phi) is 5.67. The zero-order chi connectivity index (χ0) is 23.7. The molecule has 3 aromatic heterocycles. The van der Waals surface area contributed by atoms with Gasteiger partial charge < -0.3 is 10.3 Å². The fourth-order valence-electron chi connectivity index (χ4n) is 4.04. The van der Waals surface area contributed by atoms with Gasteiger partial charge in [-0.3, -0.25) is 14.6 Å². The highest BCUT2D eigenvalue weighted by Gasteiger charge is 2.32. The Morgan fingerprint density at radius 1 is 1.09 bits per heavy atom. The van der Waals surface area contributed by atoms with E-state index in [1.165, 1.54) is 40.0 Å². The second-order valence-corrected chi connectivity index (χ2v) is 9.84. The first-order valence-corrected chi connectivity index (χ1v) is 12.1. The van der Waals surface area contributed by atoms with Gasteiger partial charge in [0.1, 0.15) is 10.3 Å². The second-order valence-electron chi connectivity index (χ2n) is 7.90. The van der Waals surface area contributed by atoms with E-state index in [4.69, 9.17) is 0 Å². The van der Waals surface area contributed by atoms with Crippen molar-refractivity contribution in [1.29, 1.82) is 0 Å². The average molecular weight is 480 g/mol. The molecule has 5 rings (SSSR count). The van der Waals surface area contributed by atoms with Gasteiger partial charge in [-0.1, -0.05) is 12.1 Å². The molecule has 1 fully saturated rings. The van der Waals surface area contributed by atoms with Crippen LogP contribution in [0, 0.1) is 5.92 Å². The van der Waals surface area contributed by atoms with Crippen molar-refractivity contribution in [2.45, 2.75) is 17.7 Å². The monoisotopic (exact) mass is 479 g/mol. The zero-order valence-electron chi connectivity index (χ0n) is 18.0. The quantitative estimate of drug-likeness (QED) is 0.442. The summed E-state index contributed by atoms with van der Waals surface area (Å²) in [6.07, 6.45) is 6.38. The summed E-state index contributed by atoms with van der Waals surface area (Å²) in [6, 6.07) is 10.2. The molecule has 1 aromatic carbocycles. The van der Waals surface area contributed by atoms with E-state index in [2.05, 4.69) is 25.4 Å². The van der Waals surface area contributed by atoms with E-state index < -0.39 is 10.0 Å². The number of H-pyrrole nitrogens is 1. The number of carbonyl (C=O) groups is 1. The van der Waals surface area contributed by atoms with Crippen LogP contribution in [0.2, 0.25) is 0 Å². The fourth-order valence-corrected chi connectivity index (χ4v) is 5.47. The summed E-state index contributed by atoms with van der Waals surface area (Å²) in [6.45, 7) is 0.487. The van der Waals surface area contributed by atoms with Crippen LogP contribution in [0.1, 0.15) is 12.8 Å². The lowest BCUT2D eigenvalue weighted by atomic mass is 9.97. The van der Waals surface area contributed by atoms with E-state index >= 15 is 0 Å². The van der Waals surface area contributed by atoms with Gasteiger partial charge in [-0.15, -0.1) is 0 Å². The topological polar surface area (TPSA) is 143 Å². The zero-order valence-corrected chi connectivity index (χ0v) is 18.8. The predicted molar refractivity (Wildman–Crippen MR) is 124 cm³/mol. The normalized spacial score (nSPS) is 15.4. The van der Waals surface area contributed by atoms with E-state index in [1.807, 2.05) is 0 Å². The summed E-state index contributed by atoms with van der Waals surface area (Å²) < 4.78 is 28.5. The number of amides is 1. The molecule has 174 valence electrons. The first kappa shape index (κ1) is 21.9. The van der Waals surface area contributed by atoms with Crippen molar-refractivity contribution >= 4 is 32.7 Å². The van der Waals surface area contributed by atoms with Crippen molar-refractivity contribution in [3.8, 4) is 5.69 Å². The van der Waals surface area contributed by atoms with Crippen LogP contribution < -0.4 is 10.9 Å². The van der Waals surface area contributed by atoms with E-state index in [1.54, 1.807) is 30.3 Å². The number of carbonyl (C=O) groups excluding carboxylic acids is 1. The molecule has 4 aromatic rings. The molecule has 11 nitrogen and oxygen atoms in total. The minimum atomic E-state index is -3.64. The Bertz CT molecular complexity index is 1510. The first-order valence-electron chi connectivity index (χ1n) is 10.7. The lowest BCUT2D eigenvalue weighted by Crippen LogP contribution is -2.41. The molecule has 34 heavy (non-hydrogen) atoms. The number of nitrogens with zero attached hydrogens (tertiary/aromatic N) is 5. The van der Waals surface area contributed by atoms with Crippen LogP contribution in [-0.4, -0.2) is 56.5 Å². The van der Waals surface area contributed by atoms with Gasteiger partial charge in [0.25, 0.3) is 5.56 Å². The summed E-state index contributed by atoms with van der Waals surface area (Å²) in [5.74, 6) is -0.545. The van der Waals surface area contributed by atoms with E-state index in [0.29, 0.717) is 35.2 Å². The third-order valence-electron chi connectivity index (χ3n) is 5.86. The van der Waals surface area contributed by atoms with E-state index in [0.717, 1.165) is 0 Å². The lowest BCUT2D eigenvalue weighted by Gasteiger charge is -2.30. The van der Waals surface area contributed by atoms with Crippen molar-refractivity contribution in [2.24, 2.45) is 5.92 Å². The Labute approximate surface area is 194 Å². The van der Waals surface area contributed by atoms with Crippen LogP contribution in [0.4, 0.5) is 5.69 Å². The maximum absolute atomic E-state index is 13.0. The van der Waals surface area contributed by atoms with Crippen LogP contribution >= 0.6 is 0 Å². The third kappa shape index (κ3) is 3.97. The van der Waals surface area contributed by atoms with E-state index in [9.17, 15) is 18.0 Å². The molecule has 0 bridgehead atoms. The number of sulfonamides is 1. The number of hydrogen-bond donors (Lipinski definition) is 2. The summed E-state index contributed by atoms with van der Waals surface area (Å²) in [5, 5.41) is 7.56. The number of hydrogen-bond acceptors (Lipinski definition) is 7. The second kappa shape index (κ2) is 8.80. The largest absolute Gasteiger partial charge is 0.324 e. The fraction of sp³-hybridized carbons (Fsp3) is 0.227. The molecule has 12 heteroatoms. The molecule has 1 aliphatic heterocycles. The molecule has 0 spiro atoms. The highest BCUT2D eigenvalue weighted by molar-refractivity contribution is 7.89. The van der Waals surface area contributed by atoms with Gasteiger partial charge in [0.15, 0.2) is 5.65 Å². The number of rotatable bonds is 5. The predicted octanol–water partition coefficient (Wildman–Crippen LogP) is 1.54. The van der Waals surface area contributed by atoms with Crippen molar-refractivity contribution in [3.05, 3.63) is 71.7 Å². The Morgan fingerprint density at radius 3 is 2.65 bits per heavy atom. The molecule has 4 heterocycles. The maximum atomic E-state index is 13.0. The molecule has 1 aliphatic rings. The van der Waals surface area contributed by atoms with Crippen LogP contribution in [0.3, 0.4) is 0 Å². The van der Waals surface area contributed by atoms with Crippen molar-refractivity contribution in [2.75, 3.05) is 18.4 Å². The summed E-state index contributed by atoms with van der Waals surface area (Å²) in [4.78, 5) is 35.8. The molecule has 1 saturated heterocycles. The van der Waals surface area contributed by atoms with Gasteiger partial charge in [-0.2, -0.15) is 9.40 Å². The van der Waals surface area contributed by atoms with Crippen LogP contribution in [0.5, 0.6) is 0 Å². The molecule has 0 unspecified atom stereocenters. The smallest absolute Gasteiger partial charge is 0.261 e. The highest BCUT2D eigenvalue weighted by atomic mass is 32.2. The number of benzene rings is 1. The Balaban J connectivity index is 1.32. The summed E-state index contributed by atoms with van der Waals surface area (Å²) in [5.41, 5.74) is 1.16. The number of fused-ring (bicyclic) bond motifs is 1. The molecule has 0 radical (unpaired) electrons. The molecule has 0 aliphatic carbocycles. The summed E-state index contributed by atoms with van der Waals surface area (Å²) in [7, 11) is -3.64. The minimum absolute atomic E-state index is 0.144. The molecule has 0 atom stereocenters. The van der Waals surface area contributed by atoms with Gasteiger partial charge in [0.2, 0.25) is 15.9 Å². The average Bonchev–Trinajstić information content (AvgIpc) is 3.30. The molecule has 2 N–H and O–H groups in total. The molecule has 0 saturated carbocycles. The lowest BCUT2D eigenvalue weighted by molar-refractivity contribution is -0.120. The van der Waals surface area contributed by atoms with Gasteiger partial charge >= 0.3 is 0 Å². The molecular weight excluding hydrogens is 458 g/mol. The van der Waals surface area contributed by atoms with Crippen LogP contribution in [-0.2, 0) is 14.8 Å². The first-order chi connectivity index (χ1) is 16.4. The van der Waals surface area contributed by atoms with Crippen molar-refractivity contribution in [1.82, 2.24) is 29.0 Å². The SMILES string of the molecule is O=C(Nc1ccccc1-n1ncc2c(=O)[nH]cnc21)C1CCN(S(=O)(=O)c2cccnc2)CC1. The number of nitrogens with one attached hydrogen (secondary N) is 2. The number of pyridine rings is 1. The highest BCUT2D eigenvalue weighted by Crippen LogP contribution is 2.27. The maximum Gasteiger partial charge on any atom is 0.261 e.